The highest BCUT2D eigenvalue weighted by molar-refractivity contribution is 5.42. The van der Waals surface area contributed by atoms with Gasteiger partial charge in [0.05, 0.1) is 5.69 Å². The van der Waals surface area contributed by atoms with Gasteiger partial charge in [-0.3, -0.25) is 0 Å². The van der Waals surface area contributed by atoms with Crippen molar-refractivity contribution in [2.45, 2.75) is 70.6 Å². The van der Waals surface area contributed by atoms with E-state index in [0.717, 1.165) is 11.3 Å². The Balaban J connectivity index is 2.19. The lowest BCUT2D eigenvalue weighted by atomic mass is 9.85. The lowest BCUT2D eigenvalue weighted by molar-refractivity contribution is 0.395. The van der Waals surface area contributed by atoms with Crippen molar-refractivity contribution in [1.82, 2.24) is 5.16 Å². The van der Waals surface area contributed by atoms with Crippen molar-refractivity contribution in [3.63, 3.8) is 0 Å². The van der Waals surface area contributed by atoms with Crippen LogP contribution in [0.15, 0.2) is 4.52 Å². The first-order valence-corrected chi connectivity index (χ1v) is 6.95. The number of anilines is 1. The second kappa shape index (κ2) is 5.56. The molecule has 0 amide bonds. The van der Waals surface area contributed by atoms with Gasteiger partial charge in [0.2, 0.25) is 5.88 Å². The fourth-order valence-electron chi connectivity index (χ4n) is 2.93. The van der Waals surface area contributed by atoms with Gasteiger partial charge in [0, 0.05) is 11.5 Å². The molecule has 1 saturated carbocycles. The molecule has 1 aromatic heterocycles. The summed E-state index contributed by atoms with van der Waals surface area (Å²) >= 11 is 0. The second-order valence-electron chi connectivity index (χ2n) is 5.54. The highest BCUT2D eigenvalue weighted by Gasteiger charge is 2.24. The lowest BCUT2D eigenvalue weighted by Gasteiger charge is -2.19. The molecule has 1 aliphatic rings. The highest BCUT2D eigenvalue weighted by Crippen LogP contribution is 2.36. The van der Waals surface area contributed by atoms with Crippen molar-refractivity contribution in [3.8, 4) is 0 Å². The van der Waals surface area contributed by atoms with Gasteiger partial charge in [-0.1, -0.05) is 51.1 Å². The Bertz CT molecular complexity index is 349. The number of hydrogen-bond acceptors (Lipinski definition) is 3. The summed E-state index contributed by atoms with van der Waals surface area (Å²) in [6.45, 7) is 4.32. The third kappa shape index (κ3) is 2.82. The molecule has 1 fully saturated rings. The number of aromatic nitrogens is 1. The van der Waals surface area contributed by atoms with Crippen molar-refractivity contribution in [2.75, 3.05) is 5.73 Å². The van der Waals surface area contributed by atoms with E-state index in [4.69, 9.17) is 10.3 Å². The Morgan fingerprint density at radius 3 is 2.29 bits per heavy atom. The minimum atomic E-state index is 0.404. The lowest BCUT2D eigenvalue weighted by Crippen LogP contribution is -2.07. The first kappa shape index (κ1) is 12.5. The Kier molecular flexibility index (Phi) is 4.08. The van der Waals surface area contributed by atoms with Gasteiger partial charge in [-0.25, -0.2) is 0 Å². The number of rotatable bonds is 2. The first-order chi connectivity index (χ1) is 8.20. The van der Waals surface area contributed by atoms with Crippen molar-refractivity contribution in [3.05, 3.63) is 11.3 Å². The Morgan fingerprint density at radius 2 is 1.71 bits per heavy atom. The van der Waals surface area contributed by atoms with E-state index in [1.165, 1.54) is 44.9 Å². The molecule has 1 aliphatic carbocycles. The van der Waals surface area contributed by atoms with E-state index >= 15 is 0 Å². The summed E-state index contributed by atoms with van der Waals surface area (Å²) in [5.41, 5.74) is 8.18. The van der Waals surface area contributed by atoms with Crippen molar-refractivity contribution < 1.29 is 4.52 Å². The Morgan fingerprint density at radius 1 is 1.12 bits per heavy atom. The van der Waals surface area contributed by atoms with Crippen LogP contribution in [0.1, 0.15) is 81.9 Å². The average molecular weight is 236 g/mol. The smallest absolute Gasteiger partial charge is 0.225 e. The van der Waals surface area contributed by atoms with E-state index < -0.39 is 0 Å². The summed E-state index contributed by atoms with van der Waals surface area (Å²) in [7, 11) is 0. The van der Waals surface area contributed by atoms with E-state index in [1.807, 2.05) is 0 Å². The zero-order valence-corrected chi connectivity index (χ0v) is 11.0. The molecule has 0 radical (unpaired) electrons. The van der Waals surface area contributed by atoms with Crippen molar-refractivity contribution >= 4 is 5.88 Å². The van der Waals surface area contributed by atoms with Gasteiger partial charge in [-0.15, -0.1) is 0 Å². The summed E-state index contributed by atoms with van der Waals surface area (Å²) in [5, 5.41) is 4.23. The molecular weight excluding hydrogens is 212 g/mol. The van der Waals surface area contributed by atoms with Gasteiger partial charge in [0.25, 0.3) is 0 Å². The topological polar surface area (TPSA) is 52.0 Å². The number of hydrogen-bond donors (Lipinski definition) is 1. The van der Waals surface area contributed by atoms with Crippen molar-refractivity contribution in [2.24, 2.45) is 0 Å². The van der Waals surface area contributed by atoms with E-state index in [-0.39, 0.29) is 0 Å². The molecule has 3 nitrogen and oxygen atoms in total. The van der Waals surface area contributed by atoms with Gasteiger partial charge in [0.15, 0.2) is 0 Å². The summed E-state index contributed by atoms with van der Waals surface area (Å²) < 4.78 is 5.21. The molecular formula is C14H24N2O. The van der Waals surface area contributed by atoms with Crippen LogP contribution in [-0.2, 0) is 0 Å². The largest absolute Gasteiger partial charge is 0.367 e. The monoisotopic (exact) mass is 236 g/mol. The van der Waals surface area contributed by atoms with Crippen LogP contribution in [0.2, 0.25) is 0 Å². The van der Waals surface area contributed by atoms with Crippen LogP contribution >= 0.6 is 0 Å². The van der Waals surface area contributed by atoms with E-state index in [9.17, 15) is 0 Å². The molecule has 0 spiro atoms. The second-order valence-corrected chi connectivity index (χ2v) is 5.54. The van der Waals surface area contributed by atoms with Gasteiger partial charge >= 0.3 is 0 Å². The molecule has 1 heterocycles. The standard InChI is InChI=1S/C14H24N2O/c1-10(2)12-13(16-17-14(12)15)11-8-6-4-3-5-7-9-11/h10-11H,3-9,15H2,1-2H3. The molecule has 0 saturated heterocycles. The molecule has 0 unspecified atom stereocenters. The minimum absolute atomic E-state index is 0.404. The fraction of sp³-hybridized carbons (Fsp3) is 0.786. The summed E-state index contributed by atoms with van der Waals surface area (Å²) in [6, 6.07) is 0. The normalized spacial score (nSPS) is 19.2. The maximum absolute atomic E-state index is 5.89. The molecule has 96 valence electrons. The van der Waals surface area contributed by atoms with Gasteiger partial charge in [-0.2, -0.15) is 0 Å². The quantitative estimate of drug-likeness (QED) is 0.837. The van der Waals surface area contributed by atoms with Crippen LogP contribution in [-0.4, -0.2) is 5.16 Å². The SMILES string of the molecule is CC(C)c1c(C2CCCCCCC2)noc1N. The molecule has 17 heavy (non-hydrogen) atoms. The zero-order valence-electron chi connectivity index (χ0n) is 11.0. The maximum atomic E-state index is 5.89. The van der Waals surface area contributed by atoms with Crippen LogP contribution in [0, 0.1) is 0 Å². The van der Waals surface area contributed by atoms with Crippen LogP contribution < -0.4 is 5.73 Å². The number of nitrogens with zero attached hydrogens (tertiary/aromatic N) is 1. The molecule has 0 atom stereocenters. The third-order valence-corrected chi connectivity index (χ3v) is 3.85. The van der Waals surface area contributed by atoms with Crippen LogP contribution in [0.25, 0.3) is 0 Å². The molecule has 1 aromatic rings. The van der Waals surface area contributed by atoms with E-state index in [1.54, 1.807) is 0 Å². The minimum Gasteiger partial charge on any atom is -0.367 e. The predicted octanol–water partition coefficient (Wildman–Crippen LogP) is 4.21. The van der Waals surface area contributed by atoms with Crippen molar-refractivity contribution in [1.29, 1.82) is 0 Å². The molecule has 0 bridgehead atoms. The molecule has 3 heteroatoms. The highest BCUT2D eigenvalue weighted by atomic mass is 16.5. The summed E-state index contributed by atoms with van der Waals surface area (Å²) in [6.07, 6.45) is 9.23. The van der Waals surface area contributed by atoms with Crippen LogP contribution in [0.5, 0.6) is 0 Å². The third-order valence-electron chi connectivity index (χ3n) is 3.85. The number of nitrogens with two attached hydrogens (primary N) is 1. The summed E-state index contributed by atoms with van der Waals surface area (Å²) in [4.78, 5) is 0. The fourth-order valence-corrected chi connectivity index (χ4v) is 2.93. The summed E-state index contributed by atoms with van der Waals surface area (Å²) in [5.74, 6) is 1.49. The molecule has 0 aliphatic heterocycles. The Hall–Kier alpha value is -0.990. The van der Waals surface area contributed by atoms with Gasteiger partial charge in [0.1, 0.15) is 0 Å². The first-order valence-electron chi connectivity index (χ1n) is 6.95. The molecule has 2 N–H and O–H groups in total. The average Bonchev–Trinajstić information content (AvgIpc) is 2.59. The van der Waals surface area contributed by atoms with E-state index in [2.05, 4.69) is 19.0 Å². The van der Waals surface area contributed by atoms with E-state index in [0.29, 0.717) is 17.7 Å². The zero-order chi connectivity index (χ0) is 12.3. The molecule has 0 aromatic carbocycles. The number of nitrogen functional groups attached to an aromatic ring is 1. The van der Waals surface area contributed by atoms with Gasteiger partial charge < -0.3 is 10.3 Å². The molecule has 2 rings (SSSR count). The van der Waals surface area contributed by atoms with Crippen LogP contribution in [0.3, 0.4) is 0 Å². The van der Waals surface area contributed by atoms with Gasteiger partial charge in [-0.05, 0) is 18.8 Å². The Labute approximate surface area is 104 Å². The maximum Gasteiger partial charge on any atom is 0.225 e. The van der Waals surface area contributed by atoms with Crippen LogP contribution in [0.4, 0.5) is 5.88 Å². The predicted molar refractivity (Wildman–Crippen MR) is 70.1 cm³/mol.